The van der Waals surface area contributed by atoms with E-state index in [1.54, 1.807) is 0 Å². The fourth-order valence-corrected chi connectivity index (χ4v) is 2.10. The number of carbonyl (C=O) groups is 1. The van der Waals surface area contributed by atoms with Gasteiger partial charge in [-0.2, -0.15) is 0 Å². The number of benzene rings is 1. The van der Waals surface area contributed by atoms with E-state index in [0.717, 1.165) is 16.7 Å². The van der Waals surface area contributed by atoms with Gasteiger partial charge in [-0.1, -0.05) is 31.0 Å². The summed E-state index contributed by atoms with van der Waals surface area (Å²) in [5.74, 6) is -0.765. The van der Waals surface area contributed by atoms with Gasteiger partial charge in [0.2, 0.25) is 11.7 Å². The van der Waals surface area contributed by atoms with E-state index in [9.17, 15) is 4.79 Å². The largest absolute Gasteiger partial charge is 0.475 e. The highest BCUT2D eigenvalue weighted by molar-refractivity contribution is 5.86. The molecule has 100 valence electrons. The Kier molecular flexibility index (Phi) is 3.42. The average Bonchev–Trinajstić information content (AvgIpc) is 2.72. The molecule has 0 saturated heterocycles. The number of hydrogen-bond donors (Lipinski definition) is 1. The van der Waals surface area contributed by atoms with Gasteiger partial charge in [0.25, 0.3) is 0 Å². The van der Waals surface area contributed by atoms with Gasteiger partial charge in [-0.15, -0.1) is 0 Å². The molecule has 1 aromatic carbocycles. The van der Waals surface area contributed by atoms with Gasteiger partial charge in [-0.05, 0) is 31.9 Å². The first kappa shape index (κ1) is 13.3. The van der Waals surface area contributed by atoms with Gasteiger partial charge in [0.05, 0.1) is 5.69 Å². The Bertz CT molecular complexity index is 606. The van der Waals surface area contributed by atoms with Crippen molar-refractivity contribution in [3.8, 4) is 11.5 Å². The van der Waals surface area contributed by atoms with E-state index in [0.29, 0.717) is 11.6 Å². The van der Waals surface area contributed by atoms with E-state index in [1.165, 1.54) is 0 Å². The molecule has 0 unspecified atom stereocenters. The van der Waals surface area contributed by atoms with Crippen molar-refractivity contribution in [2.45, 2.75) is 33.6 Å². The minimum absolute atomic E-state index is 0.00880. The van der Waals surface area contributed by atoms with E-state index >= 15 is 0 Å². The van der Waals surface area contributed by atoms with Crippen LogP contribution in [0.5, 0.6) is 0 Å². The van der Waals surface area contributed by atoms with Crippen molar-refractivity contribution in [1.82, 2.24) is 4.98 Å². The standard InChI is InChI=1S/C15H17NO3/c1-8(2)12-13(15(17)18)19-14(16-12)11-6-9(3)5-10(4)7-11/h5-8H,1-4H3,(H,17,18). The van der Waals surface area contributed by atoms with E-state index in [2.05, 4.69) is 4.98 Å². The van der Waals surface area contributed by atoms with Crippen LogP contribution in [0.3, 0.4) is 0 Å². The summed E-state index contributed by atoms with van der Waals surface area (Å²) in [6, 6.07) is 5.93. The molecule has 0 amide bonds. The summed E-state index contributed by atoms with van der Waals surface area (Å²) < 4.78 is 5.42. The smallest absolute Gasteiger partial charge is 0.373 e. The van der Waals surface area contributed by atoms with E-state index in [1.807, 2.05) is 45.9 Å². The predicted molar refractivity (Wildman–Crippen MR) is 72.5 cm³/mol. The second-order valence-corrected chi connectivity index (χ2v) is 5.07. The Morgan fingerprint density at radius 3 is 2.21 bits per heavy atom. The van der Waals surface area contributed by atoms with Crippen molar-refractivity contribution < 1.29 is 14.3 Å². The highest BCUT2D eigenvalue weighted by Crippen LogP contribution is 2.27. The molecular formula is C15H17NO3. The molecule has 0 atom stereocenters. The lowest BCUT2D eigenvalue weighted by Crippen LogP contribution is -2.01. The molecular weight excluding hydrogens is 242 g/mol. The molecule has 0 spiro atoms. The molecule has 0 aliphatic carbocycles. The topological polar surface area (TPSA) is 63.3 Å². The van der Waals surface area contributed by atoms with Crippen LogP contribution in [-0.4, -0.2) is 16.1 Å². The second kappa shape index (κ2) is 4.88. The Morgan fingerprint density at radius 1 is 1.21 bits per heavy atom. The van der Waals surface area contributed by atoms with Crippen molar-refractivity contribution in [3.63, 3.8) is 0 Å². The average molecular weight is 259 g/mol. The van der Waals surface area contributed by atoms with Crippen molar-refractivity contribution >= 4 is 5.97 Å². The Labute approximate surface area is 112 Å². The van der Waals surface area contributed by atoms with Gasteiger partial charge < -0.3 is 9.52 Å². The zero-order valence-corrected chi connectivity index (χ0v) is 11.5. The number of nitrogens with zero attached hydrogens (tertiary/aromatic N) is 1. The number of aryl methyl sites for hydroxylation is 2. The van der Waals surface area contributed by atoms with Gasteiger partial charge in [-0.3, -0.25) is 0 Å². The summed E-state index contributed by atoms with van der Waals surface area (Å²) in [5.41, 5.74) is 3.49. The lowest BCUT2D eigenvalue weighted by molar-refractivity contribution is 0.0661. The normalized spacial score (nSPS) is 11.0. The van der Waals surface area contributed by atoms with Crippen LogP contribution in [0.15, 0.2) is 22.6 Å². The molecule has 0 aliphatic rings. The fourth-order valence-electron chi connectivity index (χ4n) is 2.10. The molecule has 2 rings (SSSR count). The van der Waals surface area contributed by atoms with Crippen LogP contribution in [0.2, 0.25) is 0 Å². The maximum atomic E-state index is 11.2. The van der Waals surface area contributed by atoms with Crippen LogP contribution in [0.1, 0.15) is 47.1 Å². The molecule has 4 heteroatoms. The zero-order valence-electron chi connectivity index (χ0n) is 11.5. The van der Waals surface area contributed by atoms with Crippen LogP contribution < -0.4 is 0 Å². The number of carboxylic acid groups (broad SMARTS) is 1. The maximum absolute atomic E-state index is 11.2. The summed E-state index contributed by atoms with van der Waals surface area (Å²) >= 11 is 0. The number of oxazole rings is 1. The Balaban J connectivity index is 2.57. The second-order valence-electron chi connectivity index (χ2n) is 5.07. The molecule has 19 heavy (non-hydrogen) atoms. The minimum atomic E-state index is -1.08. The van der Waals surface area contributed by atoms with Gasteiger partial charge in [-0.25, -0.2) is 9.78 Å². The molecule has 0 bridgehead atoms. The van der Waals surface area contributed by atoms with E-state index in [-0.39, 0.29) is 11.7 Å². The molecule has 1 N–H and O–H groups in total. The molecule has 0 saturated carbocycles. The first-order chi connectivity index (χ1) is 8.88. The number of rotatable bonds is 3. The van der Waals surface area contributed by atoms with Gasteiger partial charge >= 0.3 is 5.97 Å². The van der Waals surface area contributed by atoms with Crippen LogP contribution in [-0.2, 0) is 0 Å². The molecule has 4 nitrogen and oxygen atoms in total. The van der Waals surface area contributed by atoms with Crippen LogP contribution >= 0.6 is 0 Å². The predicted octanol–water partition coefficient (Wildman–Crippen LogP) is 3.78. The Hall–Kier alpha value is -2.10. The first-order valence-electron chi connectivity index (χ1n) is 6.21. The summed E-state index contributed by atoms with van der Waals surface area (Å²) in [6.07, 6.45) is 0. The lowest BCUT2D eigenvalue weighted by Gasteiger charge is -2.00. The number of carboxylic acids is 1. The monoisotopic (exact) mass is 259 g/mol. The van der Waals surface area contributed by atoms with Crippen LogP contribution in [0.25, 0.3) is 11.5 Å². The maximum Gasteiger partial charge on any atom is 0.373 e. The summed E-state index contributed by atoms with van der Waals surface area (Å²) in [5, 5.41) is 9.15. The van der Waals surface area contributed by atoms with Gasteiger partial charge in [0.1, 0.15) is 0 Å². The van der Waals surface area contributed by atoms with Crippen molar-refractivity contribution in [2.24, 2.45) is 0 Å². The van der Waals surface area contributed by atoms with Crippen LogP contribution in [0.4, 0.5) is 0 Å². The fraction of sp³-hybridized carbons (Fsp3) is 0.333. The van der Waals surface area contributed by atoms with Gasteiger partial charge in [0, 0.05) is 5.56 Å². The third-order valence-electron chi connectivity index (χ3n) is 2.86. The SMILES string of the molecule is Cc1cc(C)cc(-c2nc(C(C)C)c(C(=O)O)o2)c1. The minimum Gasteiger partial charge on any atom is -0.475 e. The van der Waals surface area contributed by atoms with E-state index < -0.39 is 5.97 Å². The summed E-state index contributed by atoms with van der Waals surface area (Å²) in [7, 11) is 0. The van der Waals surface area contributed by atoms with Crippen molar-refractivity contribution in [3.05, 3.63) is 40.8 Å². The number of hydrogen-bond acceptors (Lipinski definition) is 3. The highest BCUT2D eigenvalue weighted by atomic mass is 16.4. The third kappa shape index (κ3) is 2.67. The van der Waals surface area contributed by atoms with Crippen LogP contribution in [0, 0.1) is 13.8 Å². The van der Waals surface area contributed by atoms with Crippen molar-refractivity contribution in [1.29, 1.82) is 0 Å². The van der Waals surface area contributed by atoms with Gasteiger partial charge in [0.15, 0.2) is 0 Å². The molecule has 1 heterocycles. The zero-order chi connectivity index (χ0) is 14.2. The molecule has 1 aromatic heterocycles. The number of aromatic carboxylic acids is 1. The number of aromatic nitrogens is 1. The Morgan fingerprint density at radius 2 is 1.79 bits per heavy atom. The molecule has 2 aromatic rings. The molecule has 0 aliphatic heterocycles. The van der Waals surface area contributed by atoms with Crippen molar-refractivity contribution in [2.75, 3.05) is 0 Å². The highest BCUT2D eigenvalue weighted by Gasteiger charge is 2.22. The summed E-state index contributed by atoms with van der Waals surface area (Å²) in [4.78, 5) is 15.5. The molecule has 0 fully saturated rings. The molecule has 0 radical (unpaired) electrons. The third-order valence-corrected chi connectivity index (χ3v) is 2.86. The van der Waals surface area contributed by atoms with E-state index in [4.69, 9.17) is 9.52 Å². The summed E-state index contributed by atoms with van der Waals surface area (Å²) in [6.45, 7) is 7.77. The quantitative estimate of drug-likeness (QED) is 0.911. The lowest BCUT2D eigenvalue weighted by atomic mass is 10.1. The first-order valence-corrected chi connectivity index (χ1v) is 6.21.